The molecule has 0 saturated heterocycles. The second-order valence-corrected chi connectivity index (χ2v) is 7.46. The Kier molecular flexibility index (Phi) is 4.44. The summed E-state index contributed by atoms with van der Waals surface area (Å²) in [6.07, 6.45) is 0.974. The Bertz CT molecular complexity index is 889. The molecule has 0 fully saturated rings. The van der Waals surface area contributed by atoms with Crippen molar-refractivity contribution in [2.75, 3.05) is 5.32 Å². The Balaban J connectivity index is 1.87. The van der Waals surface area contributed by atoms with Gasteiger partial charge in [-0.2, -0.15) is 0 Å². The first-order valence-electron chi connectivity index (χ1n) is 8.56. The normalized spacial score (nSPS) is 17.8. The second kappa shape index (κ2) is 6.44. The van der Waals surface area contributed by atoms with Crippen LogP contribution in [-0.2, 0) is 0 Å². The second-order valence-electron chi connectivity index (χ2n) is 7.46. The van der Waals surface area contributed by atoms with Gasteiger partial charge in [0.05, 0.1) is 10.5 Å². The molecule has 136 valence electrons. The molecule has 0 saturated carbocycles. The van der Waals surface area contributed by atoms with Crippen LogP contribution in [0.1, 0.15) is 54.6 Å². The van der Waals surface area contributed by atoms with E-state index >= 15 is 0 Å². The van der Waals surface area contributed by atoms with E-state index in [-0.39, 0.29) is 16.8 Å². The Morgan fingerprint density at radius 2 is 2.04 bits per heavy atom. The van der Waals surface area contributed by atoms with Crippen LogP contribution in [0, 0.1) is 17.0 Å². The summed E-state index contributed by atoms with van der Waals surface area (Å²) in [4.78, 5) is 23.1. The van der Waals surface area contributed by atoms with Gasteiger partial charge in [0.15, 0.2) is 0 Å². The Hall–Kier alpha value is -2.89. The van der Waals surface area contributed by atoms with Gasteiger partial charge in [0.1, 0.15) is 5.75 Å². The third kappa shape index (κ3) is 3.40. The van der Waals surface area contributed by atoms with Crippen molar-refractivity contribution < 1.29 is 14.5 Å². The number of nitro benzene ring substituents is 1. The minimum absolute atomic E-state index is 0.0185. The minimum Gasteiger partial charge on any atom is -0.423 e. The van der Waals surface area contributed by atoms with Crippen molar-refractivity contribution >= 4 is 17.3 Å². The Morgan fingerprint density at radius 1 is 1.31 bits per heavy atom. The molecule has 1 heterocycles. The average Bonchev–Trinajstić information content (AvgIpc) is 2.54. The molecular formula is C20H22N2O4. The molecule has 1 atom stereocenters. The summed E-state index contributed by atoms with van der Waals surface area (Å²) in [6, 6.07) is 9.92. The van der Waals surface area contributed by atoms with E-state index in [9.17, 15) is 14.9 Å². The topological polar surface area (TPSA) is 81.5 Å². The van der Waals surface area contributed by atoms with E-state index in [4.69, 9.17) is 4.74 Å². The van der Waals surface area contributed by atoms with Gasteiger partial charge < -0.3 is 10.1 Å². The molecule has 6 nitrogen and oxygen atoms in total. The van der Waals surface area contributed by atoms with E-state index in [1.807, 2.05) is 12.1 Å². The van der Waals surface area contributed by atoms with Crippen molar-refractivity contribution in [3.8, 4) is 5.75 Å². The predicted molar refractivity (Wildman–Crippen MR) is 100.0 cm³/mol. The van der Waals surface area contributed by atoms with Gasteiger partial charge in [0, 0.05) is 22.9 Å². The van der Waals surface area contributed by atoms with Crippen LogP contribution in [0.15, 0.2) is 36.4 Å². The number of rotatable bonds is 3. The number of ether oxygens (including phenoxy) is 1. The van der Waals surface area contributed by atoms with Gasteiger partial charge in [-0.15, -0.1) is 0 Å². The van der Waals surface area contributed by atoms with E-state index < -0.39 is 10.9 Å². The molecule has 1 unspecified atom stereocenters. The highest BCUT2D eigenvalue weighted by molar-refractivity contribution is 5.93. The SMILES string of the molecule is Cc1c(C(=O)Oc2ccc3c(c2)C(C)CC(C)(C)N3)cccc1[N+](=O)[O-]. The summed E-state index contributed by atoms with van der Waals surface area (Å²) in [5.41, 5.74) is 2.57. The van der Waals surface area contributed by atoms with Crippen LogP contribution < -0.4 is 10.1 Å². The first-order valence-corrected chi connectivity index (χ1v) is 8.56. The Morgan fingerprint density at radius 3 is 2.73 bits per heavy atom. The number of carbonyl (C=O) groups is 1. The van der Waals surface area contributed by atoms with Crippen LogP contribution in [0.4, 0.5) is 11.4 Å². The maximum atomic E-state index is 12.5. The zero-order chi connectivity index (χ0) is 19.1. The predicted octanol–water partition coefficient (Wildman–Crippen LogP) is 4.82. The zero-order valence-corrected chi connectivity index (χ0v) is 15.3. The number of anilines is 1. The molecule has 1 aliphatic rings. The van der Waals surface area contributed by atoms with Gasteiger partial charge in [0.2, 0.25) is 0 Å². The van der Waals surface area contributed by atoms with Crippen molar-refractivity contribution in [2.24, 2.45) is 0 Å². The summed E-state index contributed by atoms with van der Waals surface area (Å²) in [5.74, 6) is 0.176. The molecular weight excluding hydrogens is 332 g/mol. The van der Waals surface area contributed by atoms with E-state index in [1.165, 1.54) is 18.2 Å². The number of esters is 1. The lowest BCUT2D eigenvalue weighted by molar-refractivity contribution is -0.385. The molecule has 1 N–H and O–H groups in total. The third-order valence-electron chi connectivity index (χ3n) is 4.78. The van der Waals surface area contributed by atoms with Gasteiger partial charge in [0.25, 0.3) is 5.69 Å². The number of benzene rings is 2. The number of carbonyl (C=O) groups excluding carboxylic acids is 1. The lowest BCUT2D eigenvalue weighted by Crippen LogP contribution is -2.36. The fourth-order valence-corrected chi connectivity index (χ4v) is 3.62. The van der Waals surface area contributed by atoms with Gasteiger partial charge >= 0.3 is 5.97 Å². The molecule has 0 radical (unpaired) electrons. The monoisotopic (exact) mass is 354 g/mol. The smallest absolute Gasteiger partial charge is 0.344 e. The molecule has 0 bridgehead atoms. The summed E-state index contributed by atoms with van der Waals surface area (Å²) in [5, 5.41) is 14.5. The molecule has 1 aliphatic heterocycles. The summed E-state index contributed by atoms with van der Waals surface area (Å²) in [6.45, 7) is 8.02. The van der Waals surface area contributed by atoms with Gasteiger partial charge in [-0.25, -0.2) is 4.79 Å². The molecule has 6 heteroatoms. The van der Waals surface area contributed by atoms with Gasteiger partial charge in [-0.05, 0) is 62.9 Å². The number of nitrogens with zero attached hydrogens (tertiary/aromatic N) is 1. The number of hydrogen-bond donors (Lipinski definition) is 1. The molecule has 2 aromatic rings. The molecule has 0 aromatic heterocycles. The third-order valence-corrected chi connectivity index (χ3v) is 4.78. The highest BCUT2D eigenvalue weighted by Crippen LogP contribution is 2.40. The first kappa shape index (κ1) is 17.9. The largest absolute Gasteiger partial charge is 0.423 e. The summed E-state index contributed by atoms with van der Waals surface area (Å²) >= 11 is 0. The van der Waals surface area contributed by atoms with Crippen molar-refractivity contribution in [3.05, 3.63) is 63.2 Å². The highest BCUT2D eigenvalue weighted by Gasteiger charge is 2.29. The van der Waals surface area contributed by atoms with Crippen molar-refractivity contribution in [2.45, 2.75) is 45.6 Å². The number of nitro groups is 1. The van der Waals surface area contributed by atoms with Crippen molar-refractivity contribution in [1.82, 2.24) is 0 Å². The molecule has 0 aliphatic carbocycles. The minimum atomic E-state index is -0.595. The van der Waals surface area contributed by atoms with Gasteiger partial charge in [-0.1, -0.05) is 13.0 Å². The van der Waals surface area contributed by atoms with Crippen molar-refractivity contribution in [3.63, 3.8) is 0 Å². The summed E-state index contributed by atoms with van der Waals surface area (Å²) < 4.78 is 5.49. The fourth-order valence-electron chi connectivity index (χ4n) is 3.62. The summed E-state index contributed by atoms with van der Waals surface area (Å²) in [7, 11) is 0. The lowest BCUT2D eigenvalue weighted by Gasteiger charge is -2.37. The van der Waals surface area contributed by atoms with Crippen LogP contribution in [0.2, 0.25) is 0 Å². The zero-order valence-electron chi connectivity index (χ0n) is 15.3. The highest BCUT2D eigenvalue weighted by atomic mass is 16.6. The maximum absolute atomic E-state index is 12.5. The molecule has 3 rings (SSSR count). The number of nitrogens with one attached hydrogen (secondary N) is 1. The number of fused-ring (bicyclic) bond motifs is 1. The molecule has 26 heavy (non-hydrogen) atoms. The van der Waals surface area contributed by atoms with E-state index in [0.717, 1.165) is 17.7 Å². The van der Waals surface area contributed by atoms with E-state index in [1.54, 1.807) is 13.0 Å². The van der Waals surface area contributed by atoms with Gasteiger partial charge in [-0.3, -0.25) is 10.1 Å². The standard InChI is InChI=1S/C20H22N2O4/c1-12-11-20(3,4)21-17-9-8-14(10-16(12)17)26-19(23)15-6-5-7-18(13(15)2)22(24)25/h5-10,12,21H,11H2,1-4H3. The van der Waals surface area contributed by atoms with Crippen LogP contribution in [-0.4, -0.2) is 16.4 Å². The molecule has 0 spiro atoms. The lowest BCUT2D eigenvalue weighted by atomic mass is 9.82. The van der Waals surface area contributed by atoms with Crippen molar-refractivity contribution in [1.29, 1.82) is 0 Å². The van der Waals surface area contributed by atoms with E-state index in [2.05, 4.69) is 26.1 Å². The van der Waals surface area contributed by atoms with Crippen LogP contribution >= 0.6 is 0 Å². The quantitative estimate of drug-likeness (QED) is 0.370. The fraction of sp³-hybridized carbons (Fsp3) is 0.350. The molecule has 2 aromatic carbocycles. The van der Waals surface area contributed by atoms with Crippen LogP contribution in [0.5, 0.6) is 5.75 Å². The maximum Gasteiger partial charge on any atom is 0.344 e. The number of hydrogen-bond acceptors (Lipinski definition) is 5. The van der Waals surface area contributed by atoms with E-state index in [0.29, 0.717) is 17.2 Å². The van der Waals surface area contributed by atoms with Crippen LogP contribution in [0.3, 0.4) is 0 Å². The Labute approximate surface area is 152 Å². The average molecular weight is 354 g/mol. The van der Waals surface area contributed by atoms with Crippen LogP contribution in [0.25, 0.3) is 0 Å². The molecule has 0 amide bonds. The first-order chi connectivity index (χ1) is 12.2.